The summed E-state index contributed by atoms with van der Waals surface area (Å²) in [6.07, 6.45) is 2.77. The van der Waals surface area contributed by atoms with Crippen LogP contribution in [0.5, 0.6) is 0 Å². The summed E-state index contributed by atoms with van der Waals surface area (Å²) in [7, 11) is 0. The molecule has 2 aliphatic rings. The molecule has 0 spiro atoms. The Bertz CT molecular complexity index is 377. The number of benzene rings is 1. The van der Waals surface area contributed by atoms with Crippen LogP contribution in [0.4, 0.5) is 0 Å². The van der Waals surface area contributed by atoms with E-state index in [1.807, 2.05) is 0 Å². The summed E-state index contributed by atoms with van der Waals surface area (Å²) in [5.74, 6) is 0. The lowest BCUT2D eigenvalue weighted by molar-refractivity contribution is -0.0784. The molecule has 0 radical (unpaired) electrons. The SMILES string of the molecule is CCN1CCO[C@@H]2c3ccccc3CC[C@H]21. The van der Waals surface area contributed by atoms with Crippen molar-refractivity contribution in [2.75, 3.05) is 19.7 Å². The first-order valence-corrected chi connectivity index (χ1v) is 6.33. The minimum absolute atomic E-state index is 0.318. The van der Waals surface area contributed by atoms with Crippen molar-refractivity contribution in [1.29, 1.82) is 0 Å². The average molecular weight is 217 g/mol. The number of nitrogens with zero attached hydrogens (tertiary/aromatic N) is 1. The predicted molar refractivity (Wildman–Crippen MR) is 64.5 cm³/mol. The van der Waals surface area contributed by atoms with Crippen molar-refractivity contribution in [3.8, 4) is 0 Å². The molecule has 0 N–H and O–H groups in total. The molecule has 0 unspecified atom stereocenters. The molecule has 0 bridgehead atoms. The summed E-state index contributed by atoms with van der Waals surface area (Å²) in [6, 6.07) is 9.37. The zero-order valence-electron chi connectivity index (χ0n) is 9.86. The van der Waals surface area contributed by atoms with E-state index >= 15 is 0 Å². The first kappa shape index (κ1) is 10.3. The van der Waals surface area contributed by atoms with E-state index in [-0.39, 0.29) is 0 Å². The number of rotatable bonds is 1. The Kier molecular flexibility index (Phi) is 2.70. The van der Waals surface area contributed by atoms with E-state index in [1.165, 1.54) is 24.0 Å². The van der Waals surface area contributed by atoms with Crippen LogP contribution >= 0.6 is 0 Å². The van der Waals surface area contributed by atoms with E-state index in [1.54, 1.807) is 0 Å². The molecule has 3 rings (SSSR count). The van der Waals surface area contributed by atoms with Crippen molar-refractivity contribution < 1.29 is 4.74 Å². The van der Waals surface area contributed by atoms with Gasteiger partial charge in [0.15, 0.2) is 0 Å². The average Bonchev–Trinajstić information content (AvgIpc) is 2.37. The fraction of sp³-hybridized carbons (Fsp3) is 0.571. The Morgan fingerprint density at radius 2 is 2.25 bits per heavy atom. The molecule has 2 nitrogen and oxygen atoms in total. The van der Waals surface area contributed by atoms with Gasteiger partial charge in [-0.15, -0.1) is 0 Å². The highest BCUT2D eigenvalue weighted by Gasteiger charge is 2.36. The summed E-state index contributed by atoms with van der Waals surface area (Å²) in [4.78, 5) is 2.57. The number of hydrogen-bond acceptors (Lipinski definition) is 2. The first-order chi connectivity index (χ1) is 7.90. The van der Waals surface area contributed by atoms with Crippen molar-refractivity contribution in [2.24, 2.45) is 0 Å². The molecule has 1 heterocycles. The van der Waals surface area contributed by atoms with Gasteiger partial charge in [-0.25, -0.2) is 0 Å². The zero-order valence-corrected chi connectivity index (χ0v) is 9.86. The van der Waals surface area contributed by atoms with Gasteiger partial charge in [0.2, 0.25) is 0 Å². The van der Waals surface area contributed by atoms with Crippen molar-refractivity contribution in [2.45, 2.75) is 31.9 Å². The highest BCUT2D eigenvalue weighted by molar-refractivity contribution is 5.33. The third-order valence-electron chi connectivity index (χ3n) is 3.97. The summed E-state index contributed by atoms with van der Waals surface area (Å²) < 4.78 is 6.00. The number of fused-ring (bicyclic) bond motifs is 3. The molecule has 2 atom stereocenters. The quantitative estimate of drug-likeness (QED) is 0.716. The second-order valence-corrected chi connectivity index (χ2v) is 4.72. The third-order valence-corrected chi connectivity index (χ3v) is 3.97. The van der Waals surface area contributed by atoms with Gasteiger partial charge in [0.25, 0.3) is 0 Å². The van der Waals surface area contributed by atoms with Gasteiger partial charge in [0.1, 0.15) is 0 Å². The molecular weight excluding hydrogens is 198 g/mol. The summed E-state index contributed by atoms with van der Waals surface area (Å²) >= 11 is 0. The number of morpholine rings is 1. The highest BCUT2D eigenvalue weighted by Crippen LogP contribution is 2.37. The van der Waals surface area contributed by atoms with Crippen molar-refractivity contribution in [3.05, 3.63) is 35.4 Å². The molecule has 0 aromatic heterocycles. The largest absolute Gasteiger partial charge is 0.371 e. The lowest BCUT2D eigenvalue weighted by Gasteiger charge is -2.44. The summed E-state index contributed by atoms with van der Waals surface area (Å²) in [5.41, 5.74) is 2.92. The van der Waals surface area contributed by atoms with Crippen LogP contribution in [-0.4, -0.2) is 30.6 Å². The van der Waals surface area contributed by atoms with Gasteiger partial charge >= 0.3 is 0 Å². The van der Waals surface area contributed by atoms with Crippen LogP contribution in [-0.2, 0) is 11.2 Å². The van der Waals surface area contributed by atoms with Gasteiger partial charge in [0, 0.05) is 12.6 Å². The van der Waals surface area contributed by atoms with E-state index in [0.717, 1.165) is 19.7 Å². The lowest BCUT2D eigenvalue weighted by atomic mass is 9.84. The second kappa shape index (κ2) is 4.19. The van der Waals surface area contributed by atoms with Crippen LogP contribution in [0.15, 0.2) is 24.3 Å². The maximum atomic E-state index is 6.00. The Morgan fingerprint density at radius 1 is 1.38 bits per heavy atom. The van der Waals surface area contributed by atoms with E-state index in [9.17, 15) is 0 Å². The Hall–Kier alpha value is -0.860. The Morgan fingerprint density at radius 3 is 3.12 bits per heavy atom. The number of likely N-dealkylation sites (N-methyl/N-ethyl adjacent to an activating group) is 1. The minimum atomic E-state index is 0.318. The molecule has 1 saturated heterocycles. The van der Waals surface area contributed by atoms with Crippen molar-refractivity contribution in [1.82, 2.24) is 4.90 Å². The number of aryl methyl sites for hydroxylation is 1. The Labute approximate surface area is 97.2 Å². The van der Waals surface area contributed by atoms with E-state index in [4.69, 9.17) is 4.74 Å². The van der Waals surface area contributed by atoms with E-state index in [2.05, 4.69) is 36.1 Å². The second-order valence-electron chi connectivity index (χ2n) is 4.72. The maximum absolute atomic E-state index is 6.00. The molecule has 16 heavy (non-hydrogen) atoms. The molecule has 0 saturated carbocycles. The van der Waals surface area contributed by atoms with Crippen LogP contribution in [0.1, 0.15) is 30.6 Å². The smallest absolute Gasteiger partial charge is 0.0983 e. The standard InChI is InChI=1S/C14H19NO/c1-2-15-9-10-16-14-12-6-4-3-5-11(12)7-8-13(14)15/h3-6,13-14H,2,7-10H2,1H3/t13-,14-/m1/s1. The van der Waals surface area contributed by atoms with Crippen molar-refractivity contribution >= 4 is 0 Å². The molecule has 1 aromatic rings. The van der Waals surface area contributed by atoms with Gasteiger partial charge in [-0.3, -0.25) is 4.90 Å². The van der Waals surface area contributed by atoms with Crippen molar-refractivity contribution in [3.63, 3.8) is 0 Å². The topological polar surface area (TPSA) is 12.5 Å². The van der Waals surface area contributed by atoms with E-state index in [0.29, 0.717) is 12.1 Å². The Balaban J connectivity index is 1.94. The lowest BCUT2D eigenvalue weighted by Crippen LogP contribution is -2.48. The van der Waals surface area contributed by atoms with Crippen LogP contribution in [0, 0.1) is 0 Å². The van der Waals surface area contributed by atoms with Gasteiger partial charge in [-0.1, -0.05) is 31.2 Å². The molecular formula is C14H19NO. The molecule has 1 fully saturated rings. The monoisotopic (exact) mass is 217 g/mol. The summed E-state index contributed by atoms with van der Waals surface area (Å²) in [5, 5.41) is 0. The number of ether oxygens (including phenoxy) is 1. The van der Waals surface area contributed by atoms with Crippen LogP contribution in [0.25, 0.3) is 0 Å². The molecule has 0 amide bonds. The molecule has 1 aliphatic heterocycles. The van der Waals surface area contributed by atoms with Gasteiger partial charge < -0.3 is 4.74 Å². The molecule has 1 aliphatic carbocycles. The maximum Gasteiger partial charge on any atom is 0.0983 e. The van der Waals surface area contributed by atoms with Gasteiger partial charge in [-0.2, -0.15) is 0 Å². The van der Waals surface area contributed by atoms with Crippen LogP contribution in [0.2, 0.25) is 0 Å². The minimum Gasteiger partial charge on any atom is -0.371 e. The van der Waals surface area contributed by atoms with E-state index < -0.39 is 0 Å². The predicted octanol–water partition coefficient (Wildman–Crippen LogP) is 2.39. The van der Waals surface area contributed by atoms with Crippen LogP contribution < -0.4 is 0 Å². The van der Waals surface area contributed by atoms with Gasteiger partial charge in [0.05, 0.1) is 12.7 Å². The highest BCUT2D eigenvalue weighted by atomic mass is 16.5. The normalized spacial score (nSPS) is 29.6. The first-order valence-electron chi connectivity index (χ1n) is 6.33. The zero-order chi connectivity index (χ0) is 11.0. The number of hydrogen-bond donors (Lipinski definition) is 0. The molecule has 2 heteroatoms. The van der Waals surface area contributed by atoms with Gasteiger partial charge in [-0.05, 0) is 30.5 Å². The molecule has 1 aromatic carbocycles. The fourth-order valence-electron chi connectivity index (χ4n) is 3.13. The third kappa shape index (κ3) is 1.57. The fourth-order valence-corrected chi connectivity index (χ4v) is 3.13. The van der Waals surface area contributed by atoms with Crippen LogP contribution in [0.3, 0.4) is 0 Å². The summed E-state index contributed by atoms with van der Waals surface area (Å²) in [6.45, 7) is 5.37. The molecule has 86 valence electrons.